The van der Waals surface area contributed by atoms with E-state index in [2.05, 4.69) is 0 Å². The smallest absolute Gasteiger partial charge is 0.345 e. The summed E-state index contributed by atoms with van der Waals surface area (Å²) >= 11 is 0. The van der Waals surface area contributed by atoms with Crippen LogP contribution in [0.1, 0.15) is 66.2 Å². The van der Waals surface area contributed by atoms with Crippen molar-refractivity contribution in [3.8, 4) is 0 Å². The van der Waals surface area contributed by atoms with E-state index in [1.165, 1.54) is 29.2 Å². The number of hydrogen-bond donors (Lipinski definition) is 0. The normalized spacial score (nSPS) is 14.3. The third-order valence-electron chi connectivity index (χ3n) is 7.29. The standard InChI is InChI=1S/C30H33F4N3O2/c1-2-35(29(39)23-8-6-9-24(18-23)30(32,33)34)21-28(38)37(26-10-4-3-5-11-26)20-27-12-7-17-36(27)19-22-13-15-25(31)16-14-22/h6-9,12-18,26H,2-5,10-11,19-21H2,1H3. The Labute approximate surface area is 226 Å². The van der Waals surface area contributed by atoms with E-state index in [0.29, 0.717) is 13.1 Å². The fraction of sp³-hybridized carbons (Fsp3) is 0.400. The van der Waals surface area contributed by atoms with Crippen molar-refractivity contribution in [3.63, 3.8) is 0 Å². The van der Waals surface area contributed by atoms with Crippen LogP contribution < -0.4 is 0 Å². The van der Waals surface area contributed by atoms with Crippen molar-refractivity contribution < 1.29 is 27.2 Å². The summed E-state index contributed by atoms with van der Waals surface area (Å²) < 4.78 is 55.0. The summed E-state index contributed by atoms with van der Waals surface area (Å²) in [5, 5.41) is 0. The highest BCUT2D eigenvalue weighted by molar-refractivity contribution is 5.96. The molecule has 5 nitrogen and oxygen atoms in total. The maximum Gasteiger partial charge on any atom is 0.416 e. The van der Waals surface area contributed by atoms with Gasteiger partial charge in [0.25, 0.3) is 5.91 Å². The van der Waals surface area contributed by atoms with Crippen LogP contribution >= 0.6 is 0 Å². The maximum absolute atomic E-state index is 13.7. The van der Waals surface area contributed by atoms with Gasteiger partial charge in [0.05, 0.1) is 12.1 Å². The van der Waals surface area contributed by atoms with Crippen molar-refractivity contribution in [2.24, 2.45) is 0 Å². The molecule has 3 aromatic rings. The van der Waals surface area contributed by atoms with Crippen molar-refractivity contribution in [3.05, 3.63) is 95.1 Å². The SMILES string of the molecule is CCN(CC(=O)N(Cc1cccn1Cc1ccc(F)cc1)C1CCCCC1)C(=O)c1cccc(C(F)(F)F)c1. The van der Waals surface area contributed by atoms with E-state index in [-0.39, 0.29) is 36.4 Å². The third kappa shape index (κ3) is 7.28. The molecular weight excluding hydrogens is 510 g/mol. The minimum absolute atomic E-state index is 0.0165. The largest absolute Gasteiger partial charge is 0.416 e. The first-order valence-corrected chi connectivity index (χ1v) is 13.3. The number of halogens is 4. The van der Waals surface area contributed by atoms with Crippen molar-refractivity contribution in [2.45, 2.75) is 64.3 Å². The van der Waals surface area contributed by atoms with Gasteiger partial charge in [-0.15, -0.1) is 0 Å². The number of alkyl halides is 3. The van der Waals surface area contributed by atoms with Crippen molar-refractivity contribution in [1.82, 2.24) is 14.4 Å². The molecule has 1 heterocycles. The lowest BCUT2D eigenvalue weighted by molar-refractivity contribution is -0.138. The van der Waals surface area contributed by atoms with E-state index in [0.717, 1.165) is 55.5 Å². The monoisotopic (exact) mass is 543 g/mol. The van der Waals surface area contributed by atoms with E-state index in [1.54, 1.807) is 19.1 Å². The zero-order chi connectivity index (χ0) is 28.0. The molecule has 9 heteroatoms. The number of amides is 2. The van der Waals surface area contributed by atoms with Gasteiger partial charge in [-0.25, -0.2) is 4.39 Å². The second-order valence-corrected chi connectivity index (χ2v) is 9.97. The van der Waals surface area contributed by atoms with Crippen LogP contribution in [0.25, 0.3) is 0 Å². The number of aromatic nitrogens is 1. The Morgan fingerprint density at radius 3 is 2.36 bits per heavy atom. The Balaban J connectivity index is 1.53. The molecule has 1 saturated carbocycles. The quantitative estimate of drug-likeness (QED) is 0.289. The first-order chi connectivity index (χ1) is 18.7. The molecule has 2 aromatic carbocycles. The average Bonchev–Trinajstić information content (AvgIpc) is 3.37. The molecule has 1 aliphatic carbocycles. The molecule has 0 saturated heterocycles. The first kappa shape index (κ1) is 28.4. The van der Waals surface area contributed by atoms with Crippen LogP contribution in [0.15, 0.2) is 66.9 Å². The van der Waals surface area contributed by atoms with Crippen molar-refractivity contribution in [1.29, 1.82) is 0 Å². The molecule has 4 rings (SSSR count). The molecule has 0 atom stereocenters. The van der Waals surface area contributed by atoms with E-state index in [1.807, 2.05) is 27.8 Å². The predicted molar refractivity (Wildman–Crippen MR) is 140 cm³/mol. The fourth-order valence-electron chi connectivity index (χ4n) is 5.11. The van der Waals surface area contributed by atoms with Gasteiger partial charge in [0.1, 0.15) is 12.4 Å². The summed E-state index contributed by atoms with van der Waals surface area (Å²) in [7, 11) is 0. The molecule has 0 unspecified atom stereocenters. The van der Waals surface area contributed by atoms with Crippen LogP contribution in [-0.2, 0) is 24.1 Å². The minimum Gasteiger partial charge on any atom is -0.345 e. The van der Waals surface area contributed by atoms with Crippen LogP contribution in [0.2, 0.25) is 0 Å². The number of rotatable bonds is 9. The molecule has 1 aromatic heterocycles. The zero-order valence-corrected chi connectivity index (χ0v) is 22.0. The highest BCUT2D eigenvalue weighted by Gasteiger charge is 2.32. The minimum atomic E-state index is -4.57. The Hall–Kier alpha value is -3.62. The van der Waals surface area contributed by atoms with E-state index in [4.69, 9.17) is 0 Å². The molecular formula is C30H33F4N3O2. The molecule has 0 radical (unpaired) electrons. The average molecular weight is 544 g/mol. The molecule has 0 N–H and O–H groups in total. The van der Waals surface area contributed by atoms with Crippen LogP contribution in [0.3, 0.4) is 0 Å². The number of benzene rings is 2. The Morgan fingerprint density at radius 2 is 1.69 bits per heavy atom. The number of likely N-dealkylation sites (N-methyl/N-ethyl adjacent to an activating group) is 1. The summed E-state index contributed by atoms with van der Waals surface area (Å²) in [6.07, 6.45) is 2.18. The van der Waals surface area contributed by atoms with Crippen LogP contribution in [-0.4, -0.2) is 45.3 Å². The second-order valence-electron chi connectivity index (χ2n) is 9.97. The highest BCUT2D eigenvalue weighted by Crippen LogP contribution is 2.30. The van der Waals surface area contributed by atoms with Gasteiger partial charge in [-0.2, -0.15) is 13.2 Å². The lowest BCUT2D eigenvalue weighted by Gasteiger charge is -2.36. The van der Waals surface area contributed by atoms with Gasteiger partial charge in [-0.3, -0.25) is 9.59 Å². The molecule has 39 heavy (non-hydrogen) atoms. The van der Waals surface area contributed by atoms with Gasteiger partial charge in [-0.05, 0) is 67.8 Å². The summed E-state index contributed by atoms with van der Waals surface area (Å²) in [6.45, 7) is 2.52. The van der Waals surface area contributed by atoms with Crippen molar-refractivity contribution in [2.75, 3.05) is 13.1 Å². The Kier molecular flexibility index (Phi) is 9.09. The number of carbonyl (C=O) groups is 2. The number of nitrogens with zero attached hydrogens (tertiary/aromatic N) is 3. The molecule has 0 aliphatic heterocycles. The van der Waals surface area contributed by atoms with Crippen LogP contribution in [0.4, 0.5) is 17.6 Å². The molecule has 1 aliphatic rings. The number of carbonyl (C=O) groups excluding carboxylic acids is 2. The maximum atomic E-state index is 13.7. The second kappa shape index (κ2) is 12.5. The van der Waals surface area contributed by atoms with Gasteiger partial charge in [0, 0.05) is 36.6 Å². The van der Waals surface area contributed by atoms with E-state index < -0.39 is 17.6 Å². The first-order valence-electron chi connectivity index (χ1n) is 13.3. The molecule has 0 spiro atoms. The lowest BCUT2D eigenvalue weighted by atomic mass is 9.94. The van der Waals surface area contributed by atoms with Crippen LogP contribution in [0, 0.1) is 5.82 Å². The molecule has 208 valence electrons. The predicted octanol–water partition coefficient (Wildman–Crippen LogP) is 6.52. The summed E-state index contributed by atoms with van der Waals surface area (Å²) in [6, 6.07) is 14.4. The topological polar surface area (TPSA) is 45.6 Å². The van der Waals surface area contributed by atoms with E-state index >= 15 is 0 Å². The third-order valence-corrected chi connectivity index (χ3v) is 7.29. The van der Waals surface area contributed by atoms with Gasteiger partial charge >= 0.3 is 6.18 Å². The fourth-order valence-corrected chi connectivity index (χ4v) is 5.11. The summed E-state index contributed by atoms with van der Waals surface area (Å²) in [4.78, 5) is 30.0. The number of hydrogen-bond acceptors (Lipinski definition) is 2. The van der Waals surface area contributed by atoms with Gasteiger partial charge < -0.3 is 14.4 Å². The van der Waals surface area contributed by atoms with Gasteiger partial charge in [0.15, 0.2) is 0 Å². The van der Waals surface area contributed by atoms with E-state index in [9.17, 15) is 27.2 Å². The Morgan fingerprint density at radius 1 is 0.974 bits per heavy atom. The van der Waals surface area contributed by atoms with Crippen molar-refractivity contribution >= 4 is 11.8 Å². The summed E-state index contributed by atoms with van der Waals surface area (Å²) in [5.41, 5.74) is 0.831. The molecule has 2 amide bonds. The zero-order valence-electron chi connectivity index (χ0n) is 22.0. The van der Waals surface area contributed by atoms with Gasteiger partial charge in [0.2, 0.25) is 5.91 Å². The molecule has 0 bridgehead atoms. The van der Waals surface area contributed by atoms with Gasteiger partial charge in [-0.1, -0.05) is 37.5 Å². The van der Waals surface area contributed by atoms with Crippen LogP contribution in [0.5, 0.6) is 0 Å². The lowest BCUT2D eigenvalue weighted by Crippen LogP contribution is -2.47. The molecule has 1 fully saturated rings. The Bertz CT molecular complexity index is 1260. The summed E-state index contributed by atoms with van der Waals surface area (Å²) in [5.74, 6) is -1.15. The highest BCUT2D eigenvalue weighted by atomic mass is 19.4.